The summed E-state index contributed by atoms with van der Waals surface area (Å²) in [5.41, 5.74) is 4.19. The van der Waals surface area contributed by atoms with E-state index < -0.39 is 6.04 Å². The number of aliphatic hydroxyl groups excluding tert-OH is 2. The van der Waals surface area contributed by atoms with Crippen molar-refractivity contribution in [3.05, 3.63) is 82.5 Å². The highest BCUT2D eigenvalue weighted by Gasteiger charge is 2.16. The smallest absolute Gasteiger partial charge is 0.251 e. The van der Waals surface area contributed by atoms with Crippen molar-refractivity contribution in [2.45, 2.75) is 32.4 Å². The summed E-state index contributed by atoms with van der Waals surface area (Å²) in [5.74, 6) is 0.416. The number of carbonyl (C=O) groups is 1. The molecule has 0 aliphatic heterocycles. The maximum absolute atomic E-state index is 12.7. The fraction of sp³-hybridized carbons (Fsp3) is 0.280. The number of halogens is 1. The molecule has 0 spiro atoms. The molecule has 1 heterocycles. The number of aliphatic hydroxyl groups is 2. The van der Waals surface area contributed by atoms with E-state index in [9.17, 15) is 15.0 Å². The van der Waals surface area contributed by atoms with Crippen LogP contribution in [0.3, 0.4) is 0 Å². The molecule has 32 heavy (non-hydrogen) atoms. The van der Waals surface area contributed by atoms with E-state index in [2.05, 4.69) is 15.6 Å². The number of hydrogen-bond acceptors (Lipinski definition) is 5. The van der Waals surface area contributed by atoms with Crippen LogP contribution in [0, 0.1) is 6.92 Å². The average molecular weight is 454 g/mol. The lowest BCUT2D eigenvalue weighted by molar-refractivity contribution is 0.0916. The number of pyridine rings is 1. The van der Waals surface area contributed by atoms with E-state index >= 15 is 0 Å². The lowest BCUT2D eigenvalue weighted by atomic mass is 10.0. The van der Waals surface area contributed by atoms with Crippen LogP contribution in [0.15, 0.2) is 60.8 Å². The Morgan fingerprint density at radius 1 is 1.09 bits per heavy atom. The molecule has 1 amide bonds. The maximum Gasteiger partial charge on any atom is 0.251 e. The largest absolute Gasteiger partial charge is 0.394 e. The van der Waals surface area contributed by atoms with Gasteiger partial charge in [0.2, 0.25) is 0 Å². The van der Waals surface area contributed by atoms with Gasteiger partial charge in [-0.2, -0.15) is 0 Å². The van der Waals surface area contributed by atoms with Crippen LogP contribution in [-0.4, -0.2) is 40.4 Å². The predicted octanol–water partition coefficient (Wildman–Crippen LogP) is 4.36. The normalized spacial score (nSPS) is 12.8. The van der Waals surface area contributed by atoms with Gasteiger partial charge in [0.05, 0.1) is 25.3 Å². The SMILES string of the molecule is CCC(CO)Nc1cc(-c2ccc(C(=O)N[C@H](CO)c3cccc(Cl)c3)cc2)c(C)cn1. The summed E-state index contributed by atoms with van der Waals surface area (Å²) in [7, 11) is 0. The summed E-state index contributed by atoms with van der Waals surface area (Å²) in [6.07, 6.45) is 2.58. The third kappa shape index (κ3) is 5.85. The number of aromatic nitrogens is 1. The Bertz CT molecular complexity index is 1050. The highest BCUT2D eigenvalue weighted by atomic mass is 35.5. The van der Waals surface area contributed by atoms with Crippen LogP contribution >= 0.6 is 11.6 Å². The van der Waals surface area contributed by atoms with Gasteiger partial charge in [0.1, 0.15) is 5.82 Å². The summed E-state index contributed by atoms with van der Waals surface area (Å²) in [6.45, 7) is 3.78. The number of aryl methyl sites for hydroxylation is 1. The molecule has 0 fully saturated rings. The van der Waals surface area contributed by atoms with Crippen molar-refractivity contribution in [2.24, 2.45) is 0 Å². The van der Waals surface area contributed by atoms with Crippen LogP contribution < -0.4 is 10.6 Å². The van der Waals surface area contributed by atoms with Crippen LogP contribution in [0.2, 0.25) is 5.02 Å². The number of hydrogen-bond donors (Lipinski definition) is 4. The maximum atomic E-state index is 12.7. The lowest BCUT2D eigenvalue weighted by Crippen LogP contribution is -2.30. The number of benzene rings is 2. The van der Waals surface area contributed by atoms with Gasteiger partial charge < -0.3 is 20.8 Å². The van der Waals surface area contributed by atoms with Crippen LogP contribution in [0.5, 0.6) is 0 Å². The second kappa shape index (κ2) is 11.1. The van der Waals surface area contributed by atoms with Crippen molar-refractivity contribution in [3.63, 3.8) is 0 Å². The fourth-order valence-electron chi connectivity index (χ4n) is 3.40. The topological polar surface area (TPSA) is 94.5 Å². The molecule has 3 aromatic rings. The number of amides is 1. The standard InChI is InChI=1S/C25H28ClN3O3/c1-3-21(14-30)28-24-12-22(16(2)13-27-24)17-7-9-18(10-8-17)25(32)29-23(15-31)19-5-4-6-20(26)11-19/h4-13,21,23,30-31H,3,14-15H2,1-2H3,(H,27,28)(H,29,32)/t21?,23-/m1/s1. The van der Waals surface area contributed by atoms with Gasteiger partial charge in [-0.05, 0) is 65.9 Å². The highest BCUT2D eigenvalue weighted by Crippen LogP contribution is 2.26. The van der Waals surface area contributed by atoms with Gasteiger partial charge in [-0.3, -0.25) is 4.79 Å². The van der Waals surface area contributed by atoms with Crippen molar-refractivity contribution in [1.29, 1.82) is 0 Å². The number of carbonyl (C=O) groups excluding carboxylic acids is 1. The first-order valence-corrected chi connectivity index (χ1v) is 10.9. The van der Waals surface area contributed by atoms with Crippen LogP contribution in [0.25, 0.3) is 11.1 Å². The zero-order valence-corrected chi connectivity index (χ0v) is 18.9. The minimum atomic E-state index is -0.546. The zero-order valence-electron chi connectivity index (χ0n) is 18.2. The molecule has 0 saturated carbocycles. The molecular formula is C25H28ClN3O3. The van der Waals surface area contributed by atoms with Crippen LogP contribution in [0.4, 0.5) is 5.82 Å². The Kier molecular flexibility index (Phi) is 8.22. The molecular weight excluding hydrogens is 426 g/mol. The molecule has 2 aromatic carbocycles. The monoisotopic (exact) mass is 453 g/mol. The molecule has 0 bridgehead atoms. The third-order valence-corrected chi connectivity index (χ3v) is 5.60. The Morgan fingerprint density at radius 3 is 2.47 bits per heavy atom. The number of nitrogens with one attached hydrogen (secondary N) is 2. The Morgan fingerprint density at radius 2 is 1.84 bits per heavy atom. The first-order chi connectivity index (χ1) is 15.4. The van der Waals surface area contributed by atoms with Gasteiger partial charge >= 0.3 is 0 Å². The molecule has 0 radical (unpaired) electrons. The highest BCUT2D eigenvalue weighted by molar-refractivity contribution is 6.30. The number of rotatable bonds is 9. The van der Waals surface area contributed by atoms with E-state index in [1.807, 2.05) is 38.1 Å². The molecule has 2 atom stereocenters. The van der Waals surface area contributed by atoms with E-state index in [0.717, 1.165) is 28.7 Å². The van der Waals surface area contributed by atoms with Gasteiger partial charge in [-0.1, -0.05) is 42.8 Å². The molecule has 4 N–H and O–H groups in total. The molecule has 6 nitrogen and oxygen atoms in total. The van der Waals surface area contributed by atoms with Gasteiger partial charge in [0.25, 0.3) is 5.91 Å². The average Bonchev–Trinajstić information content (AvgIpc) is 2.82. The number of nitrogens with zero attached hydrogens (tertiary/aromatic N) is 1. The summed E-state index contributed by atoms with van der Waals surface area (Å²) in [6, 6.07) is 15.7. The Balaban J connectivity index is 1.76. The molecule has 7 heteroatoms. The van der Waals surface area contributed by atoms with E-state index in [1.165, 1.54) is 0 Å². The van der Waals surface area contributed by atoms with Gasteiger partial charge in [0.15, 0.2) is 0 Å². The molecule has 1 aromatic heterocycles. The Hall–Kier alpha value is -2.93. The van der Waals surface area contributed by atoms with Crippen molar-refractivity contribution < 1.29 is 15.0 Å². The van der Waals surface area contributed by atoms with Gasteiger partial charge in [0, 0.05) is 16.8 Å². The van der Waals surface area contributed by atoms with Crippen LogP contribution in [-0.2, 0) is 0 Å². The van der Waals surface area contributed by atoms with Gasteiger partial charge in [-0.15, -0.1) is 0 Å². The third-order valence-electron chi connectivity index (χ3n) is 5.37. The van der Waals surface area contributed by atoms with E-state index in [0.29, 0.717) is 16.4 Å². The second-order valence-corrected chi connectivity index (χ2v) is 8.09. The quantitative estimate of drug-likeness (QED) is 0.386. The summed E-state index contributed by atoms with van der Waals surface area (Å²) >= 11 is 6.03. The summed E-state index contributed by atoms with van der Waals surface area (Å²) in [5, 5.41) is 25.8. The van der Waals surface area contributed by atoms with Crippen molar-refractivity contribution in [2.75, 3.05) is 18.5 Å². The predicted molar refractivity (Wildman–Crippen MR) is 128 cm³/mol. The van der Waals surface area contributed by atoms with Crippen molar-refractivity contribution in [3.8, 4) is 11.1 Å². The Labute approximate surface area is 193 Å². The minimum absolute atomic E-state index is 0.0369. The number of anilines is 1. The van der Waals surface area contributed by atoms with Crippen LogP contribution in [0.1, 0.15) is 40.9 Å². The summed E-state index contributed by atoms with van der Waals surface area (Å²) < 4.78 is 0. The zero-order chi connectivity index (χ0) is 23.1. The first-order valence-electron chi connectivity index (χ1n) is 10.6. The van der Waals surface area contributed by atoms with Gasteiger partial charge in [-0.25, -0.2) is 4.98 Å². The van der Waals surface area contributed by atoms with E-state index in [-0.39, 0.29) is 25.2 Å². The first kappa shape index (κ1) is 23.7. The molecule has 1 unspecified atom stereocenters. The second-order valence-electron chi connectivity index (χ2n) is 7.66. The molecule has 0 saturated heterocycles. The molecule has 0 aliphatic rings. The summed E-state index contributed by atoms with van der Waals surface area (Å²) in [4.78, 5) is 17.1. The molecule has 168 valence electrons. The van der Waals surface area contributed by atoms with Crippen molar-refractivity contribution >= 4 is 23.3 Å². The minimum Gasteiger partial charge on any atom is -0.394 e. The van der Waals surface area contributed by atoms with E-state index in [4.69, 9.17) is 11.6 Å². The molecule has 3 rings (SSSR count). The molecule has 0 aliphatic carbocycles. The van der Waals surface area contributed by atoms with E-state index in [1.54, 1.807) is 36.5 Å². The fourth-order valence-corrected chi connectivity index (χ4v) is 3.60. The van der Waals surface area contributed by atoms with Crippen molar-refractivity contribution in [1.82, 2.24) is 10.3 Å². The lowest BCUT2D eigenvalue weighted by Gasteiger charge is -2.18.